The lowest BCUT2D eigenvalue weighted by molar-refractivity contribution is -0.160. The minimum Gasteiger partial charge on any atom is -0.479 e. The van der Waals surface area contributed by atoms with Gasteiger partial charge in [-0.1, -0.05) is 69.3 Å². The average Bonchev–Trinajstić information content (AvgIpc) is 3.07. The standard InChI is InChI=1S/C24H28N2O6/c1-14(22(28)29)32-26-21(27)20(24(2,3)4)25-23(30)31-13-19-17-11-7-5-9-15(17)16-10-6-8-12-18(16)19/h5-12,14,19-20H,13H2,1-4H3,(H,25,30)(H,26,27)(H,28,29)/t14?,20-/m0/s1. The van der Waals surface area contributed by atoms with Crippen LogP contribution in [0.5, 0.6) is 0 Å². The zero-order chi connectivity index (χ0) is 23.5. The monoisotopic (exact) mass is 440 g/mol. The molecule has 8 nitrogen and oxygen atoms in total. The highest BCUT2D eigenvalue weighted by molar-refractivity contribution is 5.86. The third-order valence-corrected chi connectivity index (χ3v) is 5.42. The van der Waals surface area contributed by atoms with Crippen molar-refractivity contribution in [2.24, 2.45) is 5.41 Å². The SMILES string of the molecule is CC(ONC(=O)[C@H](NC(=O)OCC1c2ccccc2-c2ccccc21)C(C)(C)C)C(=O)O. The summed E-state index contributed by atoms with van der Waals surface area (Å²) in [5.74, 6) is -1.99. The van der Waals surface area contributed by atoms with E-state index >= 15 is 0 Å². The molecule has 32 heavy (non-hydrogen) atoms. The Kier molecular flexibility index (Phi) is 6.84. The van der Waals surface area contributed by atoms with Gasteiger partial charge in [-0.05, 0) is 34.6 Å². The number of alkyl carbamates (subject to hydrolysis) is 1. The van der Waals surface area contributed by atoms with E-state index in [4.69, 9.17) is 14.7 Å². The van der Waals surface area contributed by atoms with E-state index in [0.717, 1.165) is 22.3 Å². The summed E-state index contributed by atoms with van der Waals surface area (Å²) in [6, 6.07) is 15.0. The molecule has 0 aliphatic heterocycles. The number of aliphatic carboxylic acids is 1. The van der Waals surface area contributed by atoms with E-state index in [1.54, 1.807) is 20.8 Å². The highest BCUT2D eigenvalue weighted by atomic mass is 16.7. The van der Waals surface area contributed by atoms with E-state index in [1.807, 2.05) is 48.5 Å². The van der Waals surface area contributed by atoms with Crippen LogP contribution in [0.15, 0.2) is 48.5 Å². The van der Waals surface area contributed by atoms with Gasteiger partial charge in [-0.2, -0.15) is 0 Å². The number of ether oxygens (including phenoxy) is 1. The van der Waals surface area contributed by atoms with Crippen LogP contribution in [-0.4, -0.2) is 41.8 Å². The van der Waals surface area contributed by atoms with Gasteiger partial charge in [0.2, 0.25) is 0 Å². The van der Waals surface area contributed by atoms with E-state index < -0.39 is 35.5 Å². The molecule has 2 atom stereocenters. The summed E-state index contributed by atoms with van der Waals surface area (Å²) < 4.78 is 5.51. The van der Waals surface area contributed by atoms with Crippen molar-refractivity contribution in [1.82, 2.24) is 10.8 Å². The number of fused-ring (bicyclic) bond motifs is 3. The molecule has 0 spiro atoms. The van der Waals surface area contributed by atoms with Gasteiger partial charge >= 0.3 is 12.1 Å². The Balaban J connectivity index is 1.66. The van der Waals surface area contributed by atoms with Crippen LogP contribution >= 0.6 is 0 Å². The van der Waals surface area contributed by atoms with Gasteiger partial charge in [0, 0.05) is 5.92 Å². The third kappa shape index (κ3) is 5.08. The highest BCUT2D eigenvalue weighted by Crippen LogP contribution is 2.44. The maximum atomic E-state index is 12.6. The molecule has 1 aliphatic carbocycles. The Bertz CT molecular complexity index is 968. The van der Waals surface area contributed by atoms with Gasteiger partial charge in [-0.25, -0.2) is 15.1 Å². The van der Waals surface area contributed by atoms with Crippen molar-refractivity contribution < 1.29 is 29.1 Å². The van der Waals surface area contributed by atoms with Crippen LogP contribution in [0, 0.1) is 5.41 Å². The van der Waals surface area contributed by atoms with Crippen LogP contribution in [0.2, 0.25) is 0 Å². The van der Waals surface area contributed by atoms with E-state index in [9.17, 15) is 14.4 Å². The summed E-state index contributed by atoms with van der Waals surface area (Å²) in [5.41, 5.74) is 5.84. The Morgan fingerprint density at radius 3 is 2.03 bits per heavy atom. The molecular weight excluding hydrogens is 412 g/mol. The molecule has 170 valence electrons. The fraction of sp³-hybridized carbons (Fsp3) is 0.375. The van der Waals surface area contributed by atoms with Gasteiger partial charge in [0.25, 0.3) is 5.91 Å². The molecule has 8 heteroatoms. The normalized spacial score (nSPS) is 14.6. The zero-order valence-corrected chi connectivity index (χ0v) is 18.5. The largest absolute Gasteiger partial charge is 0.479 e. The van der Waals surface area contributed by atoms with E-state index in [-0.39, 0.29) is 12.5 Å². The van der Waals surface area contributed by atoms with Crippen molar-refractivity contribution in [3.8, 4) is 11.1 Å². The lowest BCUT2D eigenvalue weighted by Crippen LogP contribution is -2.54. The smallest absolute Gasteiger partial charge is 0.407 e. The number of carbonyl (C=O) groups excluding carboxylic acids is 2. The first kappa shape index (κ1) is 23.3. The van der Waals surface area contributed by atoms with Crippen molar-refractivity contribution in [1.29, 1.82) is 0 Å². The summed E-state index contributed by atoms with van der Waals surface area (Å²) >= 11 is 0. The molecule has 0 aromatic heterocycles. The van der Waals surface area contributed by atoms with Crippen LogP contribution in [-0.2, 0) is 19.2 Å². The summed E-state index contributed by atoms with van der Waals surface area (Å²) in [7, 11) is 0. The molecule has 0 radical (unpaired) electrons. The Labute approximate surface area is 186 Å². The summed E-state index contributed by atoms with van der Waals surface area (Å²) in [6.07, 6.45) is -1.97. The third-order valence-electron chi connectivity index (χ3n) is 5.42. The number of hydroxylamine groups is 1. The van der Waals surface area contributed by atoms with E-state index in [2.05, 4.69) is 10.8 Å². The number of carbonyl (C=O) groups is 3. The molecule has 3 N–H and O–H groups in total. The number of amides is 2. The summed E-state index contributed by atoms with van der Waals surface area (Å²) in [4.78, 5) is 40.9. The minimum absolute atomic E-state index is 0.102. The first-order valence-corrected chi connectivity index (χ1v) is 10.4. The lowest BCUT2D eigenvalue weighted by Gasteiger charge is -2.30. The number of nitrogens with one attached hydrogen (secondary N) is 2. The van der Waals surface area contributed by atoms with E-state index in [0.29, 0.717) is 0 Å². The summed E-state index contributed by atoms with van der Waals surface area (Å²) in [6.45, 7) is 6.70. The van der Waals surface area contributed by atoms with Gasteiger partial charge in [-0.15, -0.1) is 0 Å². The summed E-state index contributed by atoms with van der Waals surface area (Å²) in [5, 5.41) is 11.5. The number of benzene rings is 2. The van der Waals surface area contributed by atoms with Crippen molar-refractivity contribution >= 4 is 18.0 Å². The van der Waals surface area contributed by atoms with Crippen LogP contribution in [0.25, 0.3) is 11.1 Å². The van der Waals surface area contributed by atoms with Gasteiger partial charge in [0.15, 0.2) is 6.10 Å². The fourth-order valence-corrected chi connectivity index (χ4v) is 3.69. The zero-order valence-electron chi connectivity index (χ0n) is 18.5. The molecule has 2 aromatic rings. The second-order valence-corrected chi connectivity index (χ2v) is 8.83. The maximum absolute atomic E-state index is 12.6. The van der Waals surface area contributed by atoms with Crippen molar-refractivity contribution in [2.45, 2.75) is 45.8 Å². The molecule has 2 amide bonds. The number of carboxylic acid groups (broad SMARTS) is 1. The average molecular weight is 440 g/mol. The van der Waals surface area contributed by atoms with Gasteiger partial charge in [0.05, 0.1) is 0 Å². The Hall–Kier alpha value is -3.39. The predicted molar refractivity (Wildman–Crippen MR) is 118 cm³/mol. The minimum atomic E-state index is -1.23. The molecule has 3 rings (SSSR count). The van der Waals surface area contributed by atoms with Crippen LogP contribution in [0.1, 0.15) is 44.7 Å². The molecule has 0 saturated carbocycles. The first-order valence-electron chi connectivity index (χ1n) is 10.4. The number of carboxylic acids is 1. The highest BCUT2D eigenvalue weighted by Gasteiger charge is 2.35. The maximum Gasteiger partial charge on any atom is 0.407 e. The molecule has 0 saturated heterocycles. The Morgan fingerprint density at radius 1 is 1.00 bits per heavy atom. The molecule has 2 aromatic carbocycles. The number of hydrogen-bond donors (Lipinski definition) is 3. The topological polar surface area (TPSA) is 114 Å². The molecule has 1 unspecified atom stereocenters. The second kappa shape index (κ2) is 9.40. The van der Waals surface area contributed by atoms with Gasteiger partial charge in [0.1, 0.15) is 12.6 Å². The lowest BCUT2D eigenvalue weighted by atomic mass is 9.86. The quantitative estimate of drug-likeness (QED) is 0.568. The fourth-order valence-electron chi connectivity index (χ4n) is 3.69. The van der Waals surface area contributed by atoms with Crippen LogP contribution < -0.4 is 10.8 Å². The van der Waals surface area contributed by atoms with Crippen LogP contribution in [0.4, 0.5) is 4.79 Å². The predicted octanol–water partition coefficient (Wildman–Crippen LogP) is 3.46. The van der Waals surface area contributed by atoms with Crippen molar-refractivity contribution in [2.75, 3.05) is 6.61 Å². The second-order valence-electron chi connectivity index (χ2n) is 8.83. The molecule has 0 bridgehead atoms. The molecular formula is C24H28N2O6. The van der Waals surface area contributed by atoms with Gasteiger partial charge < -0.3 is 15.2 Å². The number of rotatable bonds is 7. The van der Waals surface area contributed by atoms with Crippen molar-refractivity contribution in [3.63, 3.8) is 0 Å². The number of hydrogen-bond acceptors (Lipinski definition) is 5. The first-order chi connectivity index (χ1) is 15.1. The van der Waals surface area contributed by atoms with Crippen LogP contribution in [0.3, 0.4) is 0 Å². The van der Waals surface area contributed by atoms with E-state index in [1.165, 1.54) is 6.92 Å². The molecule has 0 fully saturated rings. The molecule has 1 aliphatic rings. The Morgan fingerprint density at radius 2 is 1.53 bits per heavy atom. The molecule has 0 heterocycles. The van der Waals surface area contributed by atoms with Crippen molar-refractivity contribution in [3.05, 3.63) is 59.7 Å². The van der Waals surface area contributed by atoms with Gasteiger partial charge in [-0.3, -0.25) is 9.63 Å².